The lowest BCUT2D eigenvalue weighted by atomic mass is 10.0. The molecule has 6 heteroatoms. The zero-order valence-corrected chi connectivity index (χ0v) is 29.2. The van der Waals surface area contributed by atoms with Crippen LogP contribution in [0.1, 0.15) is 81.9 Å². The highest BCUT2D eigenvalue weighted by atomic mass is 16.5. The molecule has 0 aliphatic heterocycles. The van der Waals surface area contributed by atoms with E-state index in [4.69, 9.17) is 4.74 Å². The van der Waals surface area contributed by atoms with Crippen LogP contribution in [0, 0.1) is 13.8 Å². The number of quaternary nitrogens is 1. The number of carbonyl (C=O) groups is 2. The van der Waals surface area contributed by atoms with Gasteiger partial charge in [-0.1, -0.05) is 67.6 Å². The Labute approximate surface area is 276 Å². The lowest BCUT2D eigenvalue weighted by molar-refractivity contribution is -0.130. The van der Waals surface area contributed by atoms with Gasteiger partial charge < -0.3 is 14.2 Å². The van der Waals surface area contributed by atoms with Gasteiger partial charge in [0.05, 0.1) is 38.5 Å². The Hall–Kier alpha value is -3.90. The van der Waals surface area contributed by atoms with Gasteiger partial charge >= 0.3 is 5.91 Å². The molecule has 0 N–H and O–H groups in total. The van der Waals surface area contributed by atoms with E-state index in [1.165, 1.54) is 16.7 Å². The average molecular weight is 625 g/mol. The maximum Gasteiger partial charge on any atom is 0.315 e. The highest BCUT2D eigenvalue weighted by molar-refractivity contribution is 6.07. The number of fused-ring (bicyclic) bond motifs is 1. The first-order chi connectivity index (χ1) is 22.1. The molecular weight excluding hydrogens is 570 g/mol. The summed E-state index contributed by atoms with van der Waals surface area (Å²) < 4.78 is 8.12. The van der Waals surface area contributed by atoms with Gasteiger partial charge in [0.15, 0.2) is 5.69 Å². The molecule has 0 fully saturated rings. The maximum atomic E-state index is 13.8. The number of hydrogen-bond donors (Lipinski definition) is 0. The molecule has 0 aliphatic rings. The maximum absolute atomic E-state index is 13.8. The molecule has 1 atom stereocenters. The van der Waals surface area contributed by atoms with Crippen LogP contribution in [0.25, 0.3) is 22.2 Å². The lowest BCUT2D eigenvalue weighted by Gasteiger charge is -2.31. The van der Waals surface area contributed by atoms with Crippen LogP contribution < -0.4 is 9.22 Å². The van der Waals surface area contributed by atoms with Crippen molar-refractivity contribution >= 4 is 28.4 Å². The van der Waals surface area contributed by atoms with Crippen LogP contribution in [0.5, 0.6) is 5.75 Å². The number of methoxy groups -OCH3 is 1. The second kappa shape index (κ2) is 16.1. The van der Waals surface area contributed by atoms with Crippen molar-refractivity contribution in [3.8, 4) is 17.0 Å². The molecule has 1 aromatic heterocycles. The highest BCUT2D eigenvalue weighted by Crippen LogP contribution is 2.45. The summed E-state index contributed by atoms with van der Waals surface area (Å²) in [4.78, 5) is 28.1. The number of hydrogen-bond acceptors (Lipinski definition) is 3. The van der Waals surface area contributed by atoms with E-state index in [0.29, 0.717) is 13.0 Å². The van der Waals surface area contributed by atoms with Crippen LogP contribution in [-0.2, 0) is 16.1 Å². The van der Waals surface area contributed by atoms with Gasteiger partial charge in [0.1, 0.15) is 11.4 Å². The van der Waals surface area contributed by atoms with Crippen molar-refractivity contribution in [3.63, 3.8) is 0 Å². The number of nitrogens with zero attached hydrogens (tertiary/aromatic N) is 3. The molecule has 246 valence electrons. The number of amides is 2. The molecule has 0 saturated carbocycles. The second-order valence-electron chi connectivity index (χ2n) is 13.1. The second-order valence-corrected chi connectivity index (χ2v) is 13.1. The molecule has 1 heterocycles. The summed E-state index contributed by atoms with van der Waals surface area (Å²) in [7, 11) is 5.69. The van der Waals surface area contributed by atoms with Crippen LogP contribution >= 0.6 is 0 Å². The van der Waals surface area contributed by atoms with E-state index >= 15 is 0 Å². The minimum absolute atomic E-state index is 0.131. The molecule has 0 aliphatic carbocycles. The van der Waals surface area contributed by atoms with Gasteiger partial charge in [-0.3, -0.25) is 4.79 Å². The molecule has 1 unspecified atom stereocenters. The molecule has 2 amide bonds. The number of carbonyl (C=O) groups excluding carboxylic acids is 2. The first-order valence-electron chi connectivity index (χ1n) is 17.0. The predicted molar refractivity (Wildman–Crippen MR) is 192 cm³/mol. The minimum atomic E-state index is 0.131. The van der Waals surface area contributed by atoms with Gasteiger partial charge in [-0.25, -0.2) is 9.28 Å². The van der Waals surface area contributed by atoms with Crippen molar-refractivity contribution in [1.29, 1.82) is 0 Å². The molecule has 6 nitrogen and oxygen atoms in total. The van der Waals surface area contributed by atoms with Gasteiger partial charge in [0, 0.05) is 32.1 Å². The van der Waals surface area contributed by atoms with Crippen molar-refractivity contribution in [3.05, 3.63) is 83.4 Å². The zero-order valence-electron chi connectivity index (χ0n) is 29.2. The average Bonchev–Trinajstić information content (AvgIpc) is 3.36. The van der Waals surface area contributed by atoms with Crippen LogP contribution in [0.4, 0.5) is 5.69 Å². The van der Waals surface area contributed by atoms with Crippen molar-refractivity contribution in [2.75, 3.05) is 34.3 Å². The normalized spacial score (nSPS) is 12.7. The molecule has 0 radical (unpaired) electrons. The van der Waals surface area contributed by atoms with E-state index in [-0.39, 0.29) is 16.3 Å². The number of unbranched alkanes of at least 4 members (excludes halogenated alkanes) is 5. The lowest BCUT2D eigenvalue weighted by Crippen LogP contribution is -2.50. The largest absolute Gasteiger partial charge is 0.497 e. The Morgan fingerprint density at radius 3 is 2.15 bits per heavy atom. The van der Waals surface area contributed by atoms with E-state index in [1.54, 1.807) is 14.0 Å². The summed E-state index contributed by atoms with van der Waals surface area (Å²) in [5, 5.41) is 1.13. The number of benzene rings is 3. The van der Waals surface area contributed by atoms with Gasteiger partial charge in [-0.2, -0.15) is 0 Å². The van der Waals surface area contributed by atoms with Crippen molar-refractivity contribution in [1.82, 2.24) is 14.0 Å². The third kappa shape index (κ3) is 8.27. The van der Waals surface area contributed by atoms with Crippen LogP contribution in [0.15, 0.2) is 66.7 Å². The van der Waals surface area contributed by atoms with E-state index in [2.05, 4.69) is 87.0 Å². The van der Waals surface area contributed by atoms with E-state index in [0.717, 1.165) is 91.6 Å². The number of rotatable bonds is 16. The van der Waals surface area contributed by atoms with Crippen LogP contribution in [-0.4, -0.2) is 55.6 Å². The fourth-order valence-electron chi connectivity index (χ4n) is 6.40. The van der Waals surface area contributed by atoms with Gasteiger partial charge in [-0.05, 0) is 81.5 Å². The fraction of sp³-hybridized carbons (Fsp3) is 0.450. The number of ether oxygens (including phenoxy) is 1. The summed E-state index contributed by atoms with van der Waals surface area (Å²) in [6, 6.07) is 23.6. The first-order valence-corrected chi connectivity index (χ1v) is 17.0. The molecule has 3 aromatic carbocycles. The van der Waals surface area contributed by atoms with Gasteiger partial charge in [-0.15, -0.1) is 0 Å². The highest BCUT2D eigenvalue weighted by Gasteiger charge is 2.38. The van der Waals surface area contributed by atoms with Crippen LogP contribution in [0.2, 0.25) is 0 Å². The molecule has 0 bridgehead atoms. The van der Waals surface area contributed by atoms with Gasteiger partial charge in [0.2, 0.25) is 5.91 Å². The van der Waals surface area contributed by atoms with Crippen molar-refractivity contribution < 1.29 is 14.3 Å². The molecule has 4 aromatic rings. The summed E-state index contributed by atoms with van der Waals surface area (Å²) >= 11 is 0. The summed E-state index contributed by atoms with van der Waals surface area (Å²) in [6.07, 6.45) is 7.74. The monoisotopic (exact) mass is 624 g/mol. The Balaban J connectivity index is 1.65. The third-order valence-corrected chi connectivity index (χ3v) is 9.47. The SMILES string of the molecule is CCCCN(C)C(=O)CCCCCCC[N+](C)(C(C)=O)c1c(-c2ccc(OC)cc2)n(Cc2ccc(C)cc2)c2ccc(C)cc12. The number of aromatic nitrogens is 1. The summed E-state index contributed by atoms with van der Waals surface area (Å²) in [5.41, 5.74) is 7.96. The Kier molecular flexibility index (Phi) is 12.2. The van der Waals surface area contributed by atoms with Crippen LogP contribution in [0.3, 0.4) is 0 Å². The summed E-state index contributed by atoms with van der Waals surface area (Å²) in [6.45, 7) is 10.4. The Morgan fingerprint density at radius 1 is 0.848 bits per heavy atom. The summed E-state index contributed by atoms with van der Waals surface area (Å²) in [5.74, 6) is 1.18. The quantitative estimate of drug-likeness (QED) is 0.0923. The standard InChI is InChI=1S/C40H54N3O3/c1-8-9-26-41(5)38(45)15-13-11-10-12-14-27-43(6,32(4)44)40-36-28-31(3)18-25-37(36)42(29-33-19-16-30(2)17-20-33)39(40)34-21-23-35(46-7)24-22-34/h16-25,28H,8-15,26-27,29H2,1-7H3/q+1. The van der Waals surface area contributed by atoms with E-state index in [1.807, 2.05) is 24.1 Å². The molecular formula is C40H54N3O3+. The van der Waals surface area contributed by atoms with Crippen molar-refractivity contribution in [2.24, 2.45) is 0 Å². The zero-order chi connectivity index (χ0) is 33.3. The first kappa shape index (κ1) is 35.0. The smallest absolute Gasteiger partial charge is 0.315 e. The Morgan fingerprint density at radius 2 is 1.50 bits per heavy atom. The number of aryl methyl sites for hydroxylation is 2. The Bertz CT molecular complexity index is 1600. The minimum Gasteiger partial charge on any atom is -0.497 e. The molecule has 46 heavy (non-hydrogen) atoms. The van der Waals surface area contributed by atoms with E-state index in [9.17, 15) is 9.59 Å². The van der Waals surface area contributed by atoms with Gasteiger partial charge in [0.25, 0.3) is 0 Å². The third-order valence-electron chi connectivity index (χ3n) is 9.47. The van der Waals surface area contributed by atoms with E-state index < -0.39 is 0 Å². The fourth-order valence-corrected chi connectivity index (χ4v) is 6.40. The predicted octanol–water partition coefficient (Wildman–Crippen LogP) is 9.06. The molecule has 0 spiro atoms. The van der Waals surface area contributed by atoms with Crippen molar-refractivity contribution in [2.45, 2.75) is 85.6 Å². The molecule has 0 saturated heterocycles. The topological polar surface area (TPSA) is 51.5 Å². The molecule has 4 rings (SSSR count).